The highest BCUT2D eigenvalue weighted by Crippen LogP contribution is 2.40. The Bertz CT molecular complexity index is 1280. The van der Waals surface area contributed by atoms with Crippen molar-refractivity contribution < 1.29 is 14.3 Å². The van der Waals surface area contributed by atoms with E-state index in [4.69, 9.17) is 37.7 Å². The number of benzene rings is 3. The Morgan fingerprint density at radius 2 is 1.71 bits per heavy atom. The lowest BCUT2D eigenvalue weighted by atomic mass is 10.1. The van der Waals surface area contributed by atoms with Crippen LogP contribution in [0.4, 0.5) is 11.4 Å². The zero-order valence-electron chi connectivity index (χ0n) is 18.2. The number of ether oxygens (including phenoxy) is 2. The van der Waals surface area contributed by atoms with Gasteiger partial charge >= 0.3 is 0 Å². The van der Waals surface area contributed by atoms with E-state index < -0.39 is 0 Å². The van der Waals surface area contributed by atoms with Crippen molar-refractivity contribution in [1.82, 2.24) is 0 Å². The topological polar surface area (TPSA) is 51.1 Å². The molecular formula is C25H19Cl2IN2O3S. The molecule has 5 nitrogen and oxygen atoms in total. The fraction of sp³-hybridized carbons (Fsp3) is 0.120. The van der Waals surface area contributed by atoms with Gasteiger partial charge in [-0.1, -0.05) is 23.2 Å². The minimum absolute atomic E-state index is 0.178. The summed E-state index contributed by atoms with van der Waals surface area (Å²) < 4.78 is 12.1. The molecule has 9 heteroatoms. The Kier molecular flexibility index (Phi) is 8.08. The van der Waals surface area contributed by atoms with E-state index in [0.717, 1.165) is 9.13 Å². The van der Waals surface area contributed by atoms with Gasteiger partial charge in [-0.25, -0.2) is 4.99 Å². The predicted molar refractivity (Wildman–Crippen MR) is 150 cm³/mol. The van der Waals surface area contributed by atoms with Gasteiger partial charge in [0.1, 0.15) is 0 Å². The predicted octanol–water partition coefficient (Wildman–Crippen LogP) is 7.81. The van der Waals surface area contributed by atoms with Gasteiger partial charge in [0.15, 0.2) is 16.7 Å². The number of hydrogen-bond acceptors (Lipinski definition) is 5. The monoisotopic (exact) mass is 624 g/mol. The first-order valence-electron chi connectivity index (χ1n) is 10.2. The summed E-state index contributed by atoms with van der Waals surface area (Å²) in [6, 6.07) is 18.0. The first-order valence-corrected chi connectivity index (χ1v) is 12.9. The largest absolute Gasteiger partial charge is 0.493 e. The maximum atomic E-state index is 13.5. The summed E-state index contributed by atoms with van der Waals surface area (Å²) in [7, 11) is 1.60. The number of rotatable bonds is 6. The number of hydrogen-bond donors (Lipinski definition) is 0. The maximum Gasteiger partial charge on any atom is 0.271 e. The highest BCUT2D eigenvalue weighted by atomic mass is 127. The Balaban J connectivity index is 1.76. The van der Waals surface area contributed by atoms with Crippen LogP contribution in [-0.4, -0.2) is 24.8 Å². The summed E-state index contributed by atoms with van der Waals surface area (Å²) >= 11 is 15.6. The SMILES string of the molecule is CCOc1c(I)cc(/C=C2\SC(=Nc3ccc(Cl)cc3)N(c3ccc(Cl)cc3)C2=O)cc1OC. The quantitative estimate of drug-likeness (QED) is 0.207. The molecule has 0 unspecified atom stereocenters. The number of halogens is 3. The molecule has 0 atom stereocenters. The zero-order chi connectivity index (χ0) is 24.2. The van der Waals surface area contributed by atoms with Crippen LogP contribution in [0, 0.1) is 3.57 Å². The van der Waals surface area contributed by atoms with Crippen LogP contribution in [0.3, 0.4) is 0 Å². The number of anilines is 1. The van der Waals surface area contributed by atoms with Crippen LogP contribution in [0.1, 0.15) is 12.5 Å². The normalized spacial score (nSPS) is 15.9. The molecule has 1 aliphatic heterocycles. The zero-order valence-corrected chi connectivity index (χ0v) is 22.7. The maximum absolute atomic E-state index is 13.5. The third-order valence-electron chi connectivity index (χ3n) is 4.78. The lowest BCUT2D eigenvalue weighted by molar-refractivity contribution is -0.113. The van der Waals surface area contributed by atoms with Crippen molar-refractivity contribution in [2.45, 2.75) is 6.92 Å². The molecule has 34 heavy (non-hydrogen) atoms. The molecule has 1 amide bonds. The second-order valence-corrected chi connectivity index (χ2v) is 10.1. The summed E-state index contributed by atoms with van der Waals surface area (Å²) in [6.45, 7) is 2.45. The third kappa shape index (κ3) is 5.54. The van der Waals surface area contributed by atoms with Crippen molar-refractivity contribution >= 4 is 86.1 Å². The average molecular weight is 625 g/mol. The highest BCUT2D eigenvalue weighted by molar-refractivity contribution is 14.1. The van der Waals surface area contributed by atoms with E-state index in [0.29, 0.717) is 49.6 Å². The Morgan fingerprint density at radius 1 is 1.06 bits per heavy atom. The summed E-state index contributed by atoms with van der Waals surface area (Å²) in [5.41, 5.74) is 2.19. The fourth-order valence-electron chi connectivity index (χ4n) is 3.25. The molecule has 0 aliphatic carbocycles. The minimum Gasteiger partial charge on any atom is -0.493 e. The highest BCUT2D eigenvalue weighted by Gasteiger charge is 2.35. The van der Waals surface area contributed by atoms with E-state index in [9.17, 15) is 4.79 Å². The van der Waals surface area contributed by atoms with Crippen molar-refractivity contribution in [3.63, 3.8) is 0 Å². The first kappa shape index (κ1) is 24.9. The van der Waals surface area contributed by atoms with Gasteiger partial charge in [-0.3, -0.25) is 9.69 Å². The minimum atomic E-state index is -0.178. The number of thioether (sulfide) groups is 1. The smallest absolute Gasteiger partial charge is 0.271 e. The number of amidine groups is 1. The summed E-state index contributed by atoms with van der Waals surface area (Å²) in [6.07, 6.45) is 1.83. The summed E-state index contributed by atoms with van der Waals surface area (Å²) in [5, 5.41) is 1.74. The molecule has 4 rings (SSSR count). The molecule has 0 aromatic heterocycles. The van der Waals surface area contributed by atoms with E-state index in [1.165, 1.54) is 11.8 Å². The van der Waals surface area contributed by atoms with Crippen LogP contribution in [-0.2, 0) is 4.79 Å². The number of amides is 1. The molecule has 174 valence electrons. The molecule has 0 bridgehead atoms. The van der Waals surface area contributed by atoms with Crippen molar-refractivity contribution in [3.8, 4) is 11.5 Å². The molecule has 3 aromatic carbocycles. The number of methoxy groups -OCH3 is 1. The van der Waals surface area contributed by atoms with E-state index in [1.54, 1.807) is 48.4 Å². The molecule has 0 N–H and O–H groups in total. The first-order chi connectivity index (χ1) is 16.4. The van der Waals surface area contributed by atoms with Crippen LogP contribution in [0.25, 0.3) is 6.08 Å². The second-order valence-electron chi connectivity index (χ2n) is 7.07. The Hall–Kier alpha value is -2.20. The summed E-state index contributed by atoms with van der Waals surface area (Å²) in [5.74, 6) is 1.12. The third-order valence-corrected chi connectivity index (χ3v) is 7.05. The van der Waals surface area contributed by atoms with Crippen LogP contribution < -0.4 is 14.4 Å². The second kappa shape index (κ2) is 11.0. The molecule has 0 radical (unpaired) electrons. The number of aliphatic imine (C=N–C) groups is 1. The van der Waals surface area contributed by atoms with Gasteiger partial charge in [0.25, 0.3) is 5.91 Å². The lowest BCUT2D eigenvalue weighted by Crippen LogP contribution is -2.28. The molecule has 1 heterocycles. The standard InChI is InChI=1S/C25H19Cl2IN2O3S/c1-3-33-23-20(28)12-15(13-21(23)32-2)14-22-24(31)30(19-10-6-17(27)7-11-19)25(34-22)29-18-8-4-16(26)5-9-18/h4-14H,3H2,1-2H3/b22-14-,29-25?. The molecule has 0 saturated carbocycles. The van der Waals surface area contributed by atoms with Gasteiger partial charge in [0.05, 0.1) is 33.6 Å². The van der Waals surface area contributed by atoms with Gasteiger partial charge in [-0.15, -0.1) is 0 Å². The lowest BCUT2D eigenvalue weighted by Gasteiger charge is -2.15. The van der Waals surface area contributed by atoms with Crippen molar-refractivity contribution in [2.75, 3.05) is 18.6 Å². The van der Waals surface area contributed by atoms with Gasteiger partial charge in [0, 0.05) is 10.0 Å². The van der Waals surface area contributed by atoms with Crippen LogP contribution >= 0.6 is 57.6 Å². The number of carbonyl (C=O) groups excluding carboxylic acids is 1. The van der Waals surface area contributed by atoms with E-state index in [1.807, 2.05) is 37.3 Å². The van der Waals surface area contributed by atoms with Crippen LogP contribution in [0.5, 0.6) is 11.5 Å². The molecule has 1 aliphatic rings. The molecule has 0 spiro atoms. The molecular weight excluding hydrogens is 606 g/mol. The Labute approximate surface area is 225 Å². The van der Waals surface area contributed by atoms with Crippen molar-refractivity contribution in [2.24, 2.45) is 4.99 Å². The van der Waals surface area contributed by atoms with E-state index in [-0.39, 0.29) is 5.91 Å². The van der Waals surface area contributed by atoms with Crippen molar-refractivity contribution in [3.05, 3.63) is 84.7 Å². The van der Waals surface area contributed by atoms with E-state index in [2.05, 4.69) is 22.6 Å². The van der Waals surface area contributed by atoms with Crippen molar-refractivity contribution in [1.29, 1.82) is 0 Å². The van der Waals surface area contributed by atoms with Crippen LogP contribution in [0.15, 0.2) is 70.6 Å². The van der Waals surface area contributed by atoms with Gasteiger partial charge in [-0.05, 0) is 114 Å². The van der Waals surface area contributed by atoms with E-state index >= 15 is 0 Å². The van der Waals surface area contributed by atoms with Gasteiger partial charge in [0.2, 0.25) is 0 Å². The Morgan fingerprint density at radius 3 is 2.32 bits per heavy atom. The van der Waals surface area contributed by atoms with Gasteiger partial charge in [-0.2, -0.15) is 0 Å². The number of nitrogens with zero attached hydrogens (tertiary/aromatic N) is 2. The molecule has 1 saturated heterocycles. The fourth-order valence-corrected chi connectivity index (χ4v) is 5.29. The average Bonchev–Trinajstić information content (AvgIpc) is 3.12. The molecule has 3 aromatic rings. The summed E-state index contributed by atoms with van der Waals surface area (Å²) in [4.78, 5) is 20.3. The van der Waals surface area contributed by atoms with Crippen LogP contribution in [0.2, 0.25) is 10.0 Å². The van der Waals surface area contributed by atoms with Gasteiger partial charge < -0.3 is 9.47 Å². The number of carbonyl (C=O) groups is 1. The molecule has 1 fully saturated rings.